The monoisotopic (exact) mass is 423 g/mol. The first-order valence-electron chi connectivity index (χ1n) is 9.26. The lowest BCUT2D eigenvalue weighted by atomic mass is 9.98. The Morgan fingerprint density at radius 1 is 1.32 bits per heavy atom. The van der Waals surface area contributed by atoms with Gasteiger partial charge in [0.25, 0.3) is 5.56 Å². The van der Waals surface area contributed by atoms with Crippen molar-refractivity contribution in [2.45, 2.75) is 64.2 Å². The van der Waals surface area contributed by atoms with E-state index in [0.29, 0.717) is 33.4 Å². The van der Waals surface area contributed by atoms with E-state index in [2.05, 4.69) is 10.3 Å². The van der Waals surface area contributed by atoms with Gasteiger partial charge in [0.2, 0.25) is 5.91 Å². The lowest BCUT2D eigenvalue weighted by Crippen LogP contribution is -2.44. The first-order valence-corrected chi connectivity index (χ1v) is 10.6. The highest BCUT2D eigenvalue weighted by Gasteiger charge is 2.22. The molecule has 0 saturated heterocycles. The van der Waals surface area contributed by atoms with E-state index in [1.807, 2.05) is 20.8 Å². The highest BCUT2D eigenvalue weighted by molar-refractivity contribution is 7.99. The third-order valence-corrected chi connectivity index (χ3v) is 5.27. The number of carbonyl (C=O) groups is 2. The van der Waals surface area contributed by atoms with Crippen molar-refractivity contribution in [3.8, 4) is 0 Å². The minimum atomic E-state index is -0.574. The van der Waals surface area contributed by atoms with Crippen LogP contribution >= 0.6 is 23.4 Å². The summed E-state index contributed by atoms with van der Waals surface area (Å²) in [6.45, 7) is 7.72. The summed E-state index contributed by atoms with van der Waals surface area (Å²) < 4.78 is 1.65. The van der Waals surface area contributed by atoms with Crippen LogP contribution < -0.4 is 10.9 Å². The maximum atomic E-state index is 12.8. The van der Waals surface area contributed by atoms with Crippen LogP contribution in [0, 0.1) is 0 Å². The van der Waals surface area contributed by atoms with Crippen molar-refractivity contribution in [3.05, 3.63) is 33.6 Å². The van der Waals surface area contributed by atoms with E-state index in [-0.39, 0.29) is 30.1 Å². The van der Waals surface area contributed by atoms with Crippen molar-refractivity contribution < 1.29 is 9.59 Å². The molecule has 152 valence electrons. The molecule has 6 nitrogen and oxygen atoms in total. The van der Waals surface area contributed by atoms with E-state index < -0.39 is 5.54 Å². The molecule has 0 aliphatic carbocycles. The molecular weight excluding hydrogens is 398 g/mol. The number of fused-ring (bicyclic) bond motifs is 1. The molecule has 2 aromatic rings. The van der Waals surface area contributed by atoms with Crippen molar-refractivity contribution in [2.75, 3.05) is 5.75 Å². The van der Waals surface area contributed by atoms with Crippen molar-refractivity contribution in [1.29, 1.82) is 0 Å². The molecule has 1 amide bonds. The van der Waals surface area contributed by atoms with Crippen molar-refractivity contribution in [1.82, 2.24) is 14.9 Å². The number of rotatable bonds is 9. The van der Waals surface area contributed by atoms with Crippen LogP contribution in [0.15, 0.2) is 28.2 Å². The predicted molar refractivity (Wildman–Crippen MR) is 114 cm³/mol. The van der Waals surface area contributed by atoms with Crippen LogP contribution in [0.3, 0.4) is 0 Å². The van der Waals surface area contributed by atoms with Gasteiger partial charge in [-0.1, -0.05) is 30.3 Å². The van der Waals surface area contributed by atoms with Crippen LogP contribution in [-0.2, 0) is 16.1 Å². The Bertz CT molecular complexity index is 940. The zero-order valence-electron chi connectivity index (χ0n) is 16.7. The van der Waals surface area contributed by atoms with Gasteiger partial charge in [0.05, 0.1) is 10.9 Å². The summed E-state index contributed by atoms with van der Waals surface area (Å²) in [4.78, 5) is 40.9. The molecule has 1 heterocycles. The maximum absolute atomic E-state index is 12.8. The summed E-state index contributed by atoms with van der Waals surface area (Å²) in [5, 5.41) is 4.52. The van der Waals surface area contributed by atoms with Gasteiger partial charge in [0.1, 0.15) is 5.78 Å². The minimum Gasteiger partial charge on any atom is -0.351 e. The normalized spacial score (nSPS) is 11.6. The fraction of sp³-hybridized carbons (Fsp3) is 0.500. The number of carbonyl (C=O) groups excluding carboxylic acids is 2. The maximum Gasteiger partial charge on any atom is 0.262 e. The van der Waals surface area contributed by atoms with Crippen molar-refractivity contribution in [2.24, 2.45) is 0 Å². The summed E-state index contributed by atoms with van der Waals surface area (Å²) in [5.74, 6) is 0.374. The fourth-order valence-electron chi connectivity index (χ4n) is 3.05. The topological polar surface area (TPSA) is 81.1 Å². The number of Topliss-reactive ketones (excluding diaryl/α,β-unsaturated/α-hetero) is 1. The standard InChI is InChI=1S/C20H26ClN3O3S/c1-5-9-24-18(27)15-7-6-14(21)11-16(15)22-19(24)28-10-8-17(26)23-20(3,4)12-13(2)25/h6-7,11H,5,8-10,12H2,1-4H3,(H,23,26). The van der Waals surface area contributed by atoms with Gasteiger partial charge in [-0.25, -0.2) is 4.98 Å². The number of thioether (sulfide) groups is 1. The van der Waals surface area contributed by atoms with Gasteiger partial charge in [-0.3, -0.25) is 19.0 Å². The Morgan fingerprint density at radius 3 is 2.68 bits per heavy atom. The van der Waals surface area contributed by atoms with Crippen LogP contribution in [0.1, 0.15) is 47.0 Å². The summed E-state index contributed by atoms with van der Waals surface area (Å²) in [5.41, 5.74) is -0.118. The van der Waals surface area contributed by atoms with E-state index >= 15 is 0 Å². The second-order valence-corrected chi connectivity index (χ2v) is 8.92. The number of hydrogen-bond donors (Lipinski definition) is 1. The third-order valence-electron chi connectivity index (χ3n) is 4.06. The third kappa shape index (κ3) is 6.07. The lowest BCUT2D eigenvalue weighted by Gasteiger charge is -2.25. The highest BCUT2D eigenvalue weighted by atomic mass is 35.5. The molecule has 1 aromatic carbocycles. The molecule has 1 N–H and O–H groups in total. The van der Waals surface area contributed by atoms with Gasteiger partial charge in [-0.2, -0.15) is 0 Å². The largest absolute Gasteiger partial charge is 0.351 e. The molecule has 0 aliphatic heterocycles. The van der Waals surface area contributed by atoms with Crippen molar-refractivity contribution >= 4 is 46.0 Å². The zero-order chi connectivity index (χ0) is 20.9. The average molecular weight is 424 g/mol. The Labute approximate surface area is 174 Å². The van der Waals surface area contributed by atoms with Gasteiger partial charge in [0.15, 0.2) is 5.16 Å². The quantitative estimate of drug-likeness (QED) is 0.489. The molecule has 0 bridgehead atoms. The number of benzene rings is 1. The molecule has 0 aliphatic rings. The summed E-state index contributed by atoms with van der Waals surface area (Å²) >= 11 is 7.41. The summed E-state index contributed by atoms with van der Waals surface area (Å²) in [6, 6.07) is 5.05. The Morgan fingerprint density at radius 2 is 2.04 bits per heavy atom. The molecule has 0 atom stereocenters. The van der Waals surface area contributed by atoms with Crippen LogP contribution in [0.4, 0.5) is 0 Å². The van der Waals surface area contributed by atoms with Crippen molar-refractivity contribution in [3.63, 3.8) is 0 Å². The van der Waals surface area contributed by atoms with Gasteiger partial charge in [0, 0.05) is 35.7 Å². The minimum absolute atomic E-state index is 0.0299. The van der Waals surface area contributed by atoms with Gasteiger partial charge < -0.3 is 5.32 Å². The Kier molecular flexibility index (Phi) is 7.66. The summed E-state index contributed by atoms with van der Waals surface area (Å²) in [6.07, 6.45) is 1.35. The average Bonchev–Trinajstić information content (AvgIpc) is 2.56. The van der Waals surface area contributed by atoms with E-state index in [1.165, 1.54) is 18.7 Å². The highest BCUT2D eigenvalue weighted by Crippen LogP contribution is 2.21. The molecule has 0 spiro atoms. The van der Waals surface area contributed by atoms with E-state index in [9.17, 15) is 14.4 Å². The number of aromatic nitrogens is 2. The fourth-order valence-corrected chi connectivity index (χ4v) is 4.18. The lowest BCUT2D eigenvalue weighted by molar-refractivity contribution is -0.123. The first kappa shape index (κ1) is 22.4. The number of halogens is 1. The van der Waals surface area contributed by atoms with E-state index in [4.69, 9.17) is 11.6 Å². The number of nitrogens with one attached hydrogen (secondary N) is 1. The molecule has 0 radical (unpaired) electrons. The molecule has 8 heteroatoms. The molecule has 2 rings (SSSR count). The van der Waals surface area contributed by atoms with Crippen LogP contribution in [0.2, 0.25) is 5.02 Å². The Hall–Kier alpha value is -1.86. The predicted octanol–water partition coefficient (Wildman–Crippen LogP) is 3.82. The molecule has 0 saturated carbocycles. The van der Waals surface area contributed by atoms with Crippen LogP contribution in [0.25, 0.3) is 10.9 Å². The SMILES string of the molecule is CCCn1c(SCCC(=O)NC(C)(C)CC(C)=O)nc2cc(Cl)ccc2c1=O. The first-order chi connectivity index (χ1) is 13.1. The number of amides is 1. The molecule has 0 unspecified atom stereocenters. The number of ketones is 1. The Balaban J connectivity index is 2.13. The molecule has 0 fully saturated rings. The number of hydrogen-bond acceptors (Lipinski definition) is 5. The molecular formula is C20H26ClN3O3S. The van der Waals surface area contributed by atoms with Gasteiger partial charge in [-0.05, 0) is 45.4 Å². The smallest absolute Gasteiger partial charge is 0.262 e. The van der Waals surface area contributed by atoms with E-state index in [0.717, 1.165) is 6.42 Å². The number of nitrogens with zero attached hydrogens (tertiary/aromatic N) is 2. The van der Waals surface area contributed by atoms with E-state index in [1.54, 1.807) is 22.8 Å². The second kappa shape index (κ2) is 9.56. The summed E-state index contributed by atoms with van der Waals surface area (Å²) in [7, 11) is 0. The second-order valence-electron chi connectivity index (χ2n) is 7.42. The zero-order valence-corrected chi connectivity index (χ0v) is 18.2. The molecule has 28 heavy (non-hydrogen) atoms. The van der Waals surface area contributed by atoms with Crippen LogP contribution in [-0.4, -0.2) is 32.5 Å². The van der Waals surface area contributed by atoms with Crippen LogP contribution in [0.5, 0.6) is 0 Å². The van der Waals surface area contributed by atoms with Gasteiger partial charge >= 0.3 is 0 Å². The van der Waals surface area contributed by atoms with Gasteiger partial charge in [-0.15, -0.1) is 0 Å². The molecule has 1 aromatic heterocycles.